The van der Waals surface area contributed by atoms with Crippen LogP contribution in [0.5, 0.6) is 0 Å². The summed E-state index contributed by atoms with van der Waals surface area (Å²) >= 11 is 13.6. The summed E-state index contributed by atoms with van der Waals surface area (Å²) in [5.41, 5.74) is 0.845. The number of halogens is 2. The number of thiazole rings is 1. The molecule has 3 rings (SSSR count). The first-order chi connectivity index (χ1) is 11.4. The van der Waals surface area contributed by atoms with Gasteiger partial charge in [-0.2, -0.15) is 0 Å². The molecule has 3 aromatic rings. The molecule has 24 heavy (non-hydrogen) atoms. The average molecular weight is 419 g/mol. The Morgan fingerprint density at radius 1 is 1.12 bits per heavy atom. The van der Waals surface area contributed by atoms with Gasteiger partial charge in [0.1, 0.15) is 19.1 Å². The second-order valence-corrected chi connectivity index (χ2v) is 9.49. The molecular formula is C14H8Cl2N2O3S3. The van der Waals surface area contributed by atoms with Gasteiger partial charge < -0.3 is 0 Å². The molecule has 0 aliphatic heterocycles. The molecule has 10 heteroatoms. The molecule has 0 unspecified atom stereocenters. The van der Waals surface area contributed by atoms with Gasteiger partial charge in [0.2, 0.25) is 0 Å². The Kier molecular flexibility index (Phi) is 4.93. The van der Waals surface area contributed by atoms with Crippen LogP contribution in [0.3, 0.4) is 0 Å². The number of nitrogens with zero attached hydrogens (tertiary/aromatic N) is 1. The molecule has 2 aromatic heterocycles. The molecule has 0 aliphatic carbocycles. The molecule has 0 radical (unpaired) electrons. The van der Waals surface area contributed by atoms with Crippen molar-refractivity contribution in [3.8, 4) is 10.6 Å². The summed E-state index contributed by atoms with van der Waals surface area (Å²) in [7, 11) is -4.10. The Morgan fingerprint density at radius 3 is 2.46 bits per heavy atom. The molecule has 5 nitrogen and oxygen atoms in total. The third-order valence-corrected chi connectivity index (χ3v) is 7.02. The van der Waals surface area contributed by atoms with Gasteiger partial charge >= 0.3 is 0 Å². The molecule has 0 aliphatic rings. The van der Waals surface area contributed by atoms with Crippen LogP contribution in [-0.4, -0.2) is 19.3 Å². The van der Waals surface area contributed by atoms with E-state index in [0.717, 1.165) is 28.2 Å². The van der Waals surface area contributed by atoms with E-state index >= 15 is 0 Å². The number of carbonyl (C=O) groups is 1. The van der Waals surface area contributed by atoms with Gasteiger partial charge in [-0.1, -0.05) is 53.5 Å². The van der Waals surface area contributed by atoms with Crippen LogP contribution in [0.4, 0.5) is 0 Å². The third-order valence-electron chi connectivity index (χ3n) is 2.89. The largest absolute Gasteiger partial charge is 0.276 e. The Bertz CT molecular complexity index is 997. The number of benzene rings is 1. The molecule has 0 spiro atoms. The lowest BCUT2D eigenvalue weighted by molar-refractivity contribution is 0.0985. The third kappa shape index (κ3) is 3.62. The predicted molar refractivity (Wildman–Crippen MR) is 96.5 cm³/mol. The summed E-state index contributed by atoms with van der Waals surface area (Å²) in [6.45, 7) is 0. The summed E-state index contributed by atoms with van der Waals surface area (Å²) in [6, 6.07) is 10.5. The van der Waals surface area contributed by atoms with E-state index in [1.807, 2.05) is 35.1 Å². The first kappa shape index (κ1) is 17.4. The van der Waals surface area contributed by atoms with Gasteiger partial charge in [0.25, 0.3) is 15.9 Å². The molecule has 0 saturated heterocycles. The maximum Gasteiger partial charge on any atom is 0.276 e. The molecule has 0 saturated carbocycles. The number of carbonyl (C=O) groups excluding carboxylic acids is 1. The van der Waals surface area contributed by atoms with Gasteiger partial charge in [-0.15, -0.1) is 22.7 Å². The minimum absolute atomic E-state index is 0.00502. The SMILES string of the molecule is O=C(NS(=O)(=O)c1cc(Cl)sc1Cl)c1cnc(-c2ccccc2)s1. The Labute approximate surface area is 155 Å². The van der Waals surface area contributed by atoms with E-state index in [0.29, 0.717) is 5.01 Å². The average Bonchev–Trinajstić information content (AvgIpc) is 3.15. The van der Waals surface area contributed by atoms with E-state index in [1.54, 1.807) is 0 Å². The van der Waals surface area contributed by atoms with E-state index < -0.39 is 15.9 Å². The molecule has 0 fully saturated rings. The number of hydrogen-bond donors (Lipinski definition) is 1. The van der Waals surface area contributed by atoms with Crippen LogP contribution in [0.25, 0.3) is 10.6 Å². The van der Waals surface area contributed by atoms with Crippen LogP contribution in [0, 0.1) is 0 Å². The van der Waals surface area contributed by atoms with Gasteiger partial charge in [-0.05, 0) is 6.07 Å². The van der Waals surface area contributed by atoms with Crippen molar-refractivity contribution in [3.63, 3.8) is 0 Å². The van der Waals surface area contributed by atoms with Crippen molar-refractivity contribution >= 4 is 61.8 Å². The lowest BCUT2D eigenvalue weighted by Crippen LogP contribution is -2.29. The number of hydrogen-bond acceptors (Lipinski definition) is 6. The van der Waals surface area contributed by atoms with Crippen LogP contribution in [-0.2, 0) is 10.0 Å². The maximum absolute atomic E-state index is 12.2. The van der Waals surface area contributed by atoms with Crippen LogP contribution < -0.4 is 4.72 Å². The number of amides is 1. The highest BCUT2D eigenvalue weighted by Crippen LogP contribution is 2.34. The minimum atomic E-state index is -4.10. The normalized spacial score (nSPS) is 11.4. The van der Waals surface area contributed by atoms with Crippen molar-refractivity contribution < 1.29 is 13.2 Å². The molecule has 1 aromatic carbocycles. The standard InChI is InChI=1S/C14H8Cl2N2O3S3/c15-11-6-10(12(16)23-11)24(20,21)18-13(19)9-7-17-14(22-9)8-4-2-1-3-5-8/h1-7H,(H,18,19). The molecule has 0 bridgehead atoms. The van der Waals surface area contributed by atoms with Crippen molar-refractivity contribution in [2.75, 3.05) is 0 Å². The van der Waals surface area contributed by atoms with Gasteiger partial charge in [-0.25, -0.2) is 18.1 Å². The van der Waals surface area contributed by atoms with Crippen molar-refractivity contribution in [3.05, 3.63) is 56.1 Å². The minimum Gasteiger partial charge on any atom is -0.267 e. The zero-order chi connectivity index (χ0) is 17.3. The zero-order valence-corrected chi connectivity index (χ0v) is 15.7. The number of rotatable bonds is 4. The number of thiophene rings is 1. The summed E-state index contributed by atoms with van der Waals surface area (Å²) < 4.78 is 26.7. The predicted octanol–water partition coefficient (Wildman–Crippen LogP) is 4.30. The van der Waals surface area contributed by atoms with Gasteiger partial charge in [-0.3, -0.25) is 4.79 Å². The van der Waals surface area contributed by atoms with E-state index in [1.165, 1.54) is 12.3 Å². The van der Waals surface area contributed by atoms with Gasteiger partial charge in [0.05, 0.1) is 10.5 Å². The van der Waals surface area contributed by atoms with Gasteiger partial charge in [0, 0.05) is 5.56 Å². The fourth-order valence-electron chi connectivity index (χ4n) is 1.83. The summed E-state index contributed by atoms with van der Waals surface area (Å²) in [5.74, 6) is -0.770. The maximum atomic E-state index is 12.2. The molecule has 2 heterocycles. The highest BCUT2D eigenvalue weighted by molar-refractivity contribution is 7.90. The second-order valence-electron chi connectivity index (χ2n) is 4.52. The topological polar surface area (TPSA) is 76.1 Å². The quantitative estimate of drug-likeness (QED) is 0.684. The van der Waals surface area contributed by atoms with E-state index in [2.05, 4.69) is 4.98 Å². The van der Waals surface area contributed by atoms with E-state index in [4.69, 9.17) is 23.2 Å². The molecular weight excluding hydrogens is 411 g/mol. The fraction of sp³-hybridized carbons (Fsp3) is 0. The highest BCUT2D eigenvalue weighted by atomic mass is 35.5. The zero-order valence-electron chi connectivity index (χ0n) is 11.7. The smallest absolute Gasteiger partial charge is 0.267 e. The summed E-state index contributed by atoms with van der Waals surface area (Å²) in [5, 5.41) is 0.620. The first-order valence-corrected chi connectivity index (χ1v) is 10.3. The molecule has 124 valence electrons. The van der Waals surface area contributed by atoms with Crippen molar-refractivity contribution in [2.24, 2.45) is 0 Å². The van der Waals surface area contributed by atoms with E-state index in [9.17, 15) is 13.2 Å². The van der Waals surface area contributed by atoms with Crippen LogP contribution in [0.15, 0.2) is 47.5 Å². The number of aromatic nitrogens is 1. The van der Waals surface area contributed by atoms with E-state index in [-0.39, 0.29) is 18.4 Å². The lowest BCUT2D eigenvalue weighted by atomic mass is 10.2. The first-order valence-electron chi connectivity index (χ1n) is 6.40. The highest BCUT2D eigenvalue weighted by Gasteiger charge is 2.25. The van der Waals surface area contributed by atoms with Gasteiger partial charge in [0.15, 0.2) is 0 Å². The lowest BCUT2D eigenvalue weighted by Gasteiger charge is -2.03. The Hall–Kier alpha value is -1.45. The van der Waals surface area contributed by atoms with Crippen LogP contribution in [0.2, 0.25) is 8.67 Å². The number of sulfonamides is 1. The second kappa shape index (κ2) is 6.81. The number of nitrogens with one attached hydrogen (secondary N) is 1. The fourth-order valence-corrected chi connectivity index (χ4v) is 5.83. The molecule has 1 amide bonds. The van der Waals surface area contributed by atoms with Crippen molar-refractivity contribution in [1.82, 2.24) is 9.71 Å². The van der Waals surface area contributed by atoms with Crippen molar-refractivity contribution in [1.29, 1.82) is 0 Å². The molecule has 0 atom stereocenters. The van der Waals surface area contributed by atoms with Crippen LogP contribution in [0.1, 0.15) is 9.67 Å². The van der Waals surface area contributed by atoms with Crippen LogP contribution >= 0.6 is 45.9 Å². The van der Waals surface area contributed by atoms with Crippen molar-refractivity contribution in [2.45, 2.75) is 4.90 Å². The monoisotopic (exact) mass is 418 g/mol. The summed E-state index contributed by atoms with van der Waals surface area (Å²) in [6.07, 6.45) is 1.33. The Morgan fingerprint density at radius 2 is 1.83 bits per heavy atom. The molecule has 1 N–H and O–H groups in total. The summed E-state index contributed by atoms with van der Waals surface area (Å²) in [4.78, 5) is 16.3. The Balaban J connectivity index is 1.83.